The molecule has 0 bridgehead atoms. The van der Waals surface area contributed by atoms with Gasteiger partial charge in [-0.15, -0.1) is 17.4 Å². The third kappa shape index (κ3) is 6.83. The predicted molar refractivity (Wildman–Crippen MR) is 239 cm³/mol. The summed E-state index contributed by atoms with van der Waals surface area (Å²) < 4.78 is 1.42. The fourth-order valence-corrected chi connectivity index (χ4v) is 13.3. The van der Waals surface area contributed by atoms with Crippen LogP contribution in [0.3, 0.4) is 0 Å². The topological polar surface area (TPSA) is 0 Å². The van der Waals surface area contributed by atoms with E-state index in [1.807, 2.05) is 0 Å². The van der Waals surface area contributed by atoms with Crippen molar-refractivity contribution < 1.29 is 49.0 Å². The van der Waals surface area contributed by atoms with E-state index in [1.165, 1.54) is 66.4 Å². The molecule has 2 fully saturated rings. The van der Waals surface area contributed by atoms with Crippen LogP contribution >= 0.6 is 0 Å². The zero-order chi connectivity index (χ0) is 41.3. The van der Waals surface area contributed by atoms with E-state index in [1.54, 1.807) is 0 Å². The number of hydrogen-bond acceptors (Lipinski definition) is 0. The summed E-state index contributed by atoms with van der Waals surface area (Å²) in [6.45, 7) is 35.6. The second kappa shape index (κ2) is 16.5. The molecule has 0 N–H and O–H groups in total. The Balaban J connectivity index is 0.000000217. The smallest absolute Gasteiger partial charge is 1.00 e. The average molecular weight is 891 g/mol. The third-order valence-electron chi connectivity index (χ3n) is 16.8. The third-order valence-corrected chi connectivity index (χ3v) is 18.2. The molecule has 3 heteroatoms. The molecule has 308 valence electrons. The molecular weight excluding hydrogens is 823 g/mol. The van der Waals surface area contributed by atoms with Crippen LogP contribution in [0.2, 0.25) is 0 Å². The van der Waals surface area contributed by atoms with Gasteiger partial charge in [-0.05, 0) is 28.6 Å². The van der Waals surface area contributed by atoms with E-state index in [2.05, 4.69) is 238 Å². The van der Waals surface area contributed by atoms with Crippen molar-refractivity contribution in [3.05, 3.63) is 173 Å². The summed E-state index contributed by atoms with van der Waals surface area (Å²) in [5.41, 5.74) is 10.1. The Hall–Kier alpha value is -2.31. The molecule has 2 aromatic carbocycles. The van der Waals surface area contributed by atoms with Gasteiger partial charge in [0.2, 0.25) is 0 Å². The molecule has 9 atom stereocenters. The number of halogens is 2. The Bertz CT molecular complexity index is 2080. The van der Waals surface area contributed by atoms with Crippen LogP contribution in [0.25, 0.3) is 0 Å². The normalized spacial score (nSPS) is 37.1. The number of fused-ring (bicyclic) bond motifs is 8. The van der Waals surface area contributed by atoms with Crippen LogP contribution in [0.4, 0.5) is 0 Å². The van der Waals surface area contributed by atoms with Crippen LogP contribution in [0.5, 0.6) is 0 Å². The van der Waals surface area contributed by atoms with Crippen LogP contribution in [-0.2, 0) is 24.2 Å². The first-order valence-electron chi connectivity index (χ1n) is 21.0. The standard InChI is InChI=1S/C29H37.C15H14.C11H17.2ClH.Zr/c1-21-14-13-15-22-20-27(6)25(4)18-10-9-16-23(25,2)24(3)17-11-12-19-26(24,5)29(27,8)28(21,22)7;1-12-3-7-14(8-4-12)11-15-9-5-13(2)6-10-15;1-8-6-9(2)10(7-8)11(3,4)5;;;/h9-20,22H,1-8H3;3-10H,1-2H3;7-8H,1-5H3;2*1H;/q-1;;-1;;;+2/p-2. The predicted octanol–water partition coefficient (Wildman–Crippen LogP) is 8.43. The quantitative estimate of drug-likeness (QED) is 0.266. The molecule has 58 heavy (non-hydrogen) atoms. The number of hydrogen-bond donors (Lipinski definition) is 0. The van der Waals surface area contributed by atoms with E-state index >= 15 is 0 Å². The molecule has 8 rings (SSSR count). The molecule has 0 aromatic heterocycles. The van der Waals surface area contributed by atoms with Gasteiger partial charge in [-0.3, -0.25) is 6.08 Å². The zero-order valence-electron chi connectivity index (χ0n) is 38.0. The molecule has 0 spiro atoms. The minimum atomic E-state index is 0. The molecule has 2 saturated carbocycles. The molecule has 6 aliphatic carbocycles. The zero-order valence-corrected chi connectivity index (χ0v) is 42.0. The van der Waals surface area contributed by atoms with Gasteiger partial charge in [-0.2, -0.15) is 11.6 Å². The van der Waals surface area contributed by atoms with Gasteiger partial charge in [-0.1, -0.05) is 161 Å². The second-order valence-electron chi connectivity index (χ2n) is 20.2. The molecule has 0 aliphatic heterocycles. The summed E-state index contributed by atoms with van der Waals surface area (Å²) in [6.07, 6.45) is 35.0. The average Bonchev–Trinajstić information content (AvgIpc) is 3.60. The van der Waals surface area contributed by atoms with Gasteiger partial charge in [0, 0.05) is 10.8 Å². The van der Waals surface area contributed by atoms with Crippen molar-refractivity contribution in [3.63, 3.8) is 0 Å². The van der Waals surface area contributed by atoms with Crippen molar-refractivity contribution >= 4 is 3.21 Å². The molecular formula is C55H68Cl2Zr-2. The van der Waals surface area contributed by atoms with Gasteiger partial charge in [0.25, 0.3) is 0 Å². The van der Waals surface area contributed by atoms with E-state index in [4.69, 9.17) is 0 Å². The van der Waals surface area contributed by atoms with Crippen LogP contribution in [0.1, 0.15) is 112 Å². The molecule has 0 radical (unpaired) electrons. The maximum Gasteiger partial charge on any atom is -1.00 e. The minimum absolute atomic E-state index is 0. The summed E-state index contributed by atoms with van der Waals surface area (Å²) in [5, 5.41) is 0. The van der Waals surface area contributed by atoms with Gasteiger partial charge in [-0.25, -0.2) is 5.57 Å². The van der Waals surface area contributed by atoms with E-state index in [0.29, 0.717) is 17.3 Å². The summed E-state index contributed by atoms with van der Waals surface area (Å²) in [7, 11) is 0. The number of aryl methyl sites for hydroxylation is 2. The Morgan fingerprint density at radius 3 is 1.48 bits per heavy atom. The summed E-state index contributed by atoms with van der Waals surface area (Å²) in [5.74, 6) is 0.977. The molecule has 6 aliphatic rings. The van der Waals surface area contributed by atoms with E-state index in [0.717, 1.165) is 0 Å². The Kier molecular flexibility index (Phi) is 13.8. The first kappa shape index (κ1) is 48.4. The molecule has 0 heterocycles. The number of rotatable bonds is 2. The molecule has 0 nitrogen and oxygen atoms in total. The fourth-order valence-electron chi connectivity index (χ4n) is 12.5. The summed E-state index contributed by atoms with van der Waals surface area (Å²) >= 11 is 1.46. The van der Waals surface area contributed by atoms with Crippen molar-refractivity contribution in [1.29, 1.82) is 0 Å². The molecule has 2 aromatic rings. The largest absolute Gasteiger partial charge is 1.00 e. The van der Waals surface area contributed by atoms with E-state index in [9.17, 15) is 0 Å². The van der Waals surface area contributed by atoms with Crippen molar-refractivity contribution in [3.8, 4) is 0 Å². The second-order valence-corrected chi connectivity index (χ2v) is 21.4. The maximum absolute atomic E-state index is 3.40. The SMILES string of the molecule is CC1=CC=CC2[CH-]C3(C)C4(C)C=CC=CC4(C)C4(C)C=CC=CC4(C)C3(C)C12C.CC1=[C-]C(C)C=C1C(C)(C)C.Cc1ccc([C](=[Zr+2])c2ccc(C)cc2)cc1.[Cl-].[Cl-]. The van der Waals surface area contributed by atoms with Crippen molar-refractivity contribution in [2.24, 2.45) is 55.2 Å². The van der Waals surface area contributed by atoms with Gasteiger partial charge < -0.3 is 31.2 Å². The van der Waals surface area contributed by atoms with Crippen molar-refractivity contribution in [2.45, 2.75) is 104 Å². The van der Waals surface area contributed by atoms with E-state index < -0.39 is 0 Å². The Morgan fingerprint density at radius 1 is 0.638 bits per heavy atom. The maximum atomic E-state index is 3.40. The Morgan fingerprint density at radius 2 is 1.07 bits per heavy atom. The van der Waals surface area contributed by atoms with Crippen LogP contribution in [0.15, 0.2) is 138 Å². The van der Waals surface area contributed by atoms with Gasteiger partial charge in [0.1, 0.15) is 0 Å². The minimum Gasteiger partial charge on any atom is -1.00 e. The summed E-state index contributed by atoms with van der Waals surface area (Å²) in [6, 6.07) is 17.5. The number of benzene rings is 2. The molecule has 9 unspecified atom stereocenters. The first-order valence-corrected chi connectivity index (χ1v) is 22.2. The van der Waals surface area contributed by atoms with Crippen molar-refractivity contribution in [2.75, 3.05) is 0 Å². The van der Waals surface area contributed by atoms with Crippen LogP contribution in [0, 0.1) is 81.5 Å². The van der Waals surface area contributed by atoms with Gasteiger partial charge in [0.05, 0.1) is 0 Å². The monoisotopic (exact) mass is 888 g/mol. The summed E-state index contributed by atoms with van der Waals surface area (Å²) in [4.78, 5) is 0. The fraction of sp³-hybridized carbons (Fsp3) is 0.455. The van der Waals surface area contributed by atoms with Crippen molar-refractivity contribution in [1.82, 2.24) is 0 Å². The van der Waals surface area contributed by atoms with Gasteiger partial charge >= 0.3 is 112 Å². The van der Waals surface area contributed by atoms with Gasteiger partial charge in [0.15, 0.2) is 0 Å². The Labute approximate surface area is 381 Å². The number of allylic oxidation sites excluding steroid dienone is 16. The molecule has 0 amide bonds. The van der Waals surface area contributed by atoms with E-state index in [-0.39, 0.29) is 62.7 Å². The van der Waals surface area contributed by atoms with Crippen LogP contribution in [-0.4, -0.2) is 3.21 Å². The first-order chi connectivity index (χ1) is 26.0. The van der Waals surface area contributed by atoms with Crippen LogP contribution < -0.4 is 24.8 Å². The molecule has 0 saturated heterocycles.